The maximum Gasteiger partial charge on any atom is 0.260 e. The monoisotopic (exact) mass is 497 g/mol. The molecular weight excluding hydrogens is 469 g/mol. The van der Waals surface area contributed by atoms with E-state index >= 15 is 0 Å². The van der Waals surface area contributed by atoms with Crippen LogP contribution < -0.4 is 14.4 Å². The lowest BCUT2D eigenvalue weighted by Crippen LogP contribution is -2.50. The number of carbonyl (C=O) groups excluding carboxylic acids is 1. The molecule has 3 aromatic carbocycles. The van der Waals surface area contributed by atoms with Gasteiger partial charge in [0.15, 0.2) is 6.61 Å². The van der Waals surface area contributed by atoms with E-state index in [2.05, 4.69) is 9.62 Å². The Morgan fingerprint density at radius 2 is 1.57 bits per heavy atom. The second kappa shape index (κ2) is 10.9. The van der Waals surface area contributed by atoms with Crippen molar-refractivity contribution in [3.63, 3.8) is 0 Å². The average molecular weight is 498 g/mol. The Balaban J connectivity index is 1.26. The van der Waals surface area contributed by atoms with E-state index in [1.54, 1.807) is 36.1 Å². The predicted molar refractivity (Wildman–Crippen MR) is 132 cm³/mol. The Hall–Kier alpha value is -3.43. The Kier molecular flexibility index (Phi) is 7.67. The molecule has 0 spiro atoms. The van der Waals surface area contributed by atoms with Gasteiger partial charge in [-0.05, 0) is 61.0 Å². The van der Waals surface area contributed by atoms with E-state index in [1.165, 1.54) is 24.3 Å². The number of hydrogen-bond acceptors (Lipinski definition) is 5. The summed E-state index contributed by atoms with van der Waals surface area (Å²) in [4.78, 5) is 16.5. The summed E-state index contributed by atoms with van der Waals surface area (Å²) in [6, 6.07) is 21.3. The summed E-state index contributed by atoms with van der Waals surface area (Å²) in [5, 5.41) is 0. The number of carbonyl (C=O) groups is 1. The quantitative estimate of drug-likeness (QED) is 0.515. The molecule has 1 saturated heterocycles. The third-order valence-corrected chi connectivity index (χ3v) is 7.51. The van der Waals surface area contributed by atoms with Crippen molar-refractivity contribution in [3.8, 4) is 5.75 Å². The summed E-state index contributed by atoms with van der Waals surface area (Å²) in [6.07, 6.45) is 0. The van der Waals surface area contributed by atoms with Crippen LogP contribution in [0.3, 0.4) is 0 Å². The number of nitrogens with one attached hydrogen (secondary N) is 1. The number of ether oxygens (including phenoxy) is 1. The molecule has 0 unspecified atom stereocenters. The number of rotatable bonds is 8. The van der Waals surface area contributed by atoms with E-state index < -0.39 is 10.0 Å². The minimum atomic E-state index is -3.71. The molecule has 1 atom stereocenters. The smallest absolute Gasteiger partial charge is 0.260 e. The largest absolute Gasteiger partial charge is 0.484 e. The van der Waals surface area contributed by atoms with Crippen LogP contribution in [0.25, 0.3) is 0 Å². The van der Waals surface area contributed by atoms with Crippen molar-refractivity contribution in [1.82, 2.24) is 9.62 Å². The number of sulfonamides is 1. The molecule has 0 aliphatic carbocycles. The first-order chi connectivity index (χ1) is 16.8. The molecule has 1 amide bonds. The Morgan fingerprint density at radius 3 is 2.20 bits per heavy atom. The fraction of sp³-hybridized carbons (Fsp3) is 0.269. The van der Waals surface area contributed by atoms with Crippen LogP contribution in [0.2, 0.25) is 0 Å². The molecule has 0 aromatic heterocycles. The van der Waals surface area contributed by atoms with Gasteiger partial charge < -0.3 is 14.5 Å². The summed E-state index contributed by atoms with van der Waals surface area (Å²) >= 11 is 0. The van der Waals surface area contributed by atoms with E-state index in [9.17, 15) is 17.6 Å². The highest BCUT2D eigenvalue weighted by molar-refractivity contribution is 7.89. The highest BCUT2D eigenvalue weighted by Crippen LogP contribution is 2.20. The standard InChI is InChI=1S/C26H28FN3O4S/c1-20(21-5-3-2-4-6-21)28-35(32,33)25-13-11-24(12-14-25)34-19-26(31)30-17-15-29(16-18-30)23-9-7-22(27)8-10-23/h2-14,20,28H,15-19H2,1H3/t20-/m1/s1. The van der Waals surface area contributed by atoms with Crippen molar-refractivity contribution in [2.75, 3.05) is 37.7 Å². The number of benzene rings is 3. The van der Waals surface area contributed by atoms with Crippen LogP contribution in [0.4, 0.5) is 10.1 Å². The van der Waals surface area contributed by atoms with Crippen LogP contribution in [-0.4, -0.2) is 52.0 Å². The van der Waals surface area contributed by atoms with Crippen molar-refractivity contribution in [1.29, 1.82) is 0 Å². The van der Waals surface area contributed by atoms with Gasteiger partial charge in [-0.3, -0.25) is 4.79 Å². The molecule has 0 bridgehead atoms. The SMILES string of the molecule is C[C@@H](NS(=O)(=O)c1ccc(OCC(=O)N2CCN(c3ccc(F)cc3)CC2)cc1)c1ccccc1. The van der Waals surface area contributed by atoms with Crippen LogP contribution in [0.1, 0.15) is 18.5 Å². The van der Waals surface area contributed by atoms with Gasteiger partial charge in [-0.2, -0.15) is 0 Å². The van der Waals surface area contributed by atoms with Crippen LogP contribution in [0, 0.1) is 5.82 Å². The topological polar surface area (TPSA) is 78.9 Å². The van der Waals surface area contributed by atoms with Crippen molar-refractivity contribution in [2.24, 2.45) is 0 Å². The molecule has 1 N–H and O–H groups in total. The summed E-state index contributed by atoms with van der Waals surface area (Å²) in [5.74, 6) is 0.000475. The van der Waals surface area contributed by atoms with Gasteiger partial charge >= 0.3 is 0 Å². The van der Waals surface area contributed by atoms with E-state index in [0.717, 1.165) is 11.3 Å². The first-order valence-corrected chi connectivity index (χ1v) is 12.9. The Morgan fingerprint density at radius 1 is 0.943 bits per heavy atom. The molecule has 7 nitrogen and oxygen atoms in total. The fourth-order valence-electron chi connectivity index (χ4n) is 3.93. The molecule has 1 fully saturated rings. The zero-order valence-electron chi connectivity index (χ0n) is 19.4. The van der Waals surface area contributed by atoms with Crippen molar-refractivity contribution in [3.05, 3.63) is 90.2 Å². The first kappa shape index (κ1) is 24.7. The molecule has 35 heavy (non-hydrogen) atoms. The van der Waals surface area contributed by atoms with E-state index in [4.69, 9.17) is 4.74 Å². The highest BCUT2D eigenvalue weighted by Gasteiger charge is 2.22. The van der Waals surface area contributed by atoms with Crippen LogP contribution >= 0.6 is 0 Å². The van der Waals surface area contributed by atoms with E-state index in [-0.39, 0.29) is 29.3 Å². The van der Waals surface area contributed by atoms with Gasteiger partial charge in [0, 0.05) is 37.9 Å². The summed E-state index contributed by atoms with van der Waals surface area (Å²) in [7, 11) is -3.71. The van der Waals surface area contributed by atoms with Gasteiger partial charge in [-0.1, -0.05) is 30.3 Å². The minimum absolute atomic E-state index is 0.121. The number of hydrogen-bond donors (Lipinski definition) is 1. The van der Waals surface area contributed by atoms with E-state index in [1.807, 2.05) is 30.3 Å². The van der Waals surface area contributed by atoms with Crippen LogP contribution in [0.5, 0.6) is 5.75 Å². The average Bonchev–Trinajstić information content (AvgIpc) is 2.88. The molecule has 0 saturated carbocycles. The number of nitrogens with zero attached hydrogens (tertiary/aromatic N) is 2. The van der Waals surface area contributed by atoms with Gasteiger partial charge in [-0.15, -0.1) is 0 Å². The van der Waals surface area contributed by atoms with Gasteiger partial charge in [0.25, 0.3) is 5.91 Å². The Bertz CT molecular complexity index is 1230. The lowest BCUT2D eigenvalue weighted by Gasteiger charge is -2.36. The highest BCUT2D eigenvalue weighted by atomic mass is 32.2. The Labute approximate surface area is 205 Å². The molecule has 1 aliphatic heterocycles. The normalized spacial score (nSPS) is 15.0. The van der Waals surface area contributed by atoms with Gasteiger partial charge in [0.05, 0.1) is 4.90 Å². The van der Waals surface area contributed by atoms with E-state index in [0.29, 0.717) is 31.9 Å². The maximum atomic E-state index is 13.1. The van der Waals surface area contributed by atoms with Gasteiger partial charge in [-0.25, -0.2) is 17.5 Å². The molecular formula is C26H28FN3O4S. The molecule has 4 rings (SSSR count). The minimum Gasteiger partial charge on any atom is -0.484 e. The third-order valence-electron chi connectivity index (χ3n) is 5.95. The van der Waals surface area contributed by atoms with Gasteiger partial charge in [0.1, 0.15) is 11.6 Å². The van der Waals surface area contributed by atoms with Crippen molar-refractivity contribution < 1.29 is 22.3 Å². The second-order valence-corrected chi connectivity index (χ2v) is 10.1. The molecule has 1 aliphatic rings. The predicted octanol–water partition coefficient (Wildman–Crippen LogP) is 3.59. The molecule has 9 heteroatoms. The third kappa shape index (κ3) is 6.37. The number of amides is 1. The summed E-state index contributed by atoms with van der Waals surface area (Å²) < 4.78 is 46.8. The second-order valence-electron chi connectivity index (χ2n) is 8.36. The zero-order chi connectivity index (χ0) is 24.8. The zero-order valence-corrected chi connectivity index (χ0v) is 20.2. The number of halogens is 1. The molecule has 184 valence electrons. The number of anilines is 1. The van der Waals surface area contributed by atoms with Crippen molar-refractivity contribution in [2.45, 2.75) is 17.9 Å². The van der Waals surface area contributed by atoms with Crippen LogP contribution in [0.15, 0.2) is 83.8 Å². The number of piperazine rings is 1. The first-order valence-electron chi connectivity index (χ1n) is 11.4. The van der Waals surface area contributed by atoms with Gasteiger partial charge in [0.2, 0.25) is 10.0 Å². The van der Waals surface area contributed by atoms with Crippen molar-refractivity contribution >= 4 is 21.6 Å². The summed E-state index contributed by atoms with van der Waals surface area (Å²) in [6.45, 7) is 4.04. The molecule has 0 radical (unpaired) electrons. The molecule has 1 heterocycles. The maximum absolute atomic E-state index is 13.1. The fourth-order valence-corrected chi connectivity index (χ4v) is 5.16. The van der Waals surface area contributed by atoms with Crippen LogP contribution in [-0.2, 0) is 14.8 Å². The summed E-state index contributed by atoms with van der Waals surface area (Å²) in [5.41, 5.74) is 1.80. The molecule has 3 aromatic rings. The lowest BCUT2D eigenvalue weighted by molar-refractivity contribution is -0.133. The lowest BCUT2D eigenvalue weighted by atomic mass is 10.1.